The van der Waals surface area contributed by atoms with E-state index in [1.54, 1.807) is 24.4 Å². The van der Waals surface area contributed by atoms with Crippen molar-refractivity contribution in [1.82, 2.24) is 4.98 Å². The molecule has 1 N–H and O–H groups in total. The highest BCUT2D eigenvalue weighted by Gasteiger charge is 2.16. The van der Waals surface area contributed by atoms with E-state index in [4.69, 9.17) is 4.74 Å². The molecule has 152 valence electrons. The summed E-state index contributed by atoms with van der Waals surface area (Å²) in [4.78, 5) is 17.5. The summed E-state index contributed by atoms with van der Waals surface area (Å²) in [5.41, 5.74) is 0.862. The summed E-state index contributed by atoms with van der Waals surface area (Å²) >= 11 is 1.26. The van der Waals surface area contributed by atoms with E-state index >= 15 is 0 Å². The highest BCUT2D eigenvalue weighted by molar-refractivity contribution is 7.91. The van der Waals surface area contributed by atoms with Crippen LogP contribution in [0, 0.1) is 5.82 Å². The van der Waals surface area contributed by atoms with Gasteiger partial charge in [0.25, 0.3) is 5.91 Å². The number of thiazole rings is 1. The molecule has 0 aliphatic carbocycles. The summed E-state index contributed by atoms with van der Waals surface area (Å²) < 4.78 is 42.8. The summed E-state index contributed by atoms with van der Waals surface area (Å²) in [7, 11) is -2.02. The molecule has 0 saturated carbocycles. The maximum absolute atomic E-state index is 13.8. The third-order valence-electron chi connectivity index (χ3n) is 4.13. The number of nitrogens with zero attached hydrogens (tertiary/aromatic N) is 1. The molecule has 9 heteroatoms. The molecule has 2 aromatic carbocycles. The minimum absolute atomic E-state index is 0.101. The van der Waals surface area contributed by atoms with Gasteiger partial charge < -0.3 is 4.74 Å². The first kappa shape index (κ1) is 21.1. The number of aromatic nitrogens is 1. The summed E-state index contributed by atoms with van der Waals surface area (Å²) in [6.45, 7) is 0.101. The lowest BCUT2D eigenvalue weighted by Crippen LogP contribution is -2.13. The SMILES string of the molecule is COCCS(=O)(=O)c1ccc(C(=O)Nc2ncc(Cc3ccccc3F)s2)cc1. The second kappa shape index (κ2) is 9.25. The topological polar surface area (TPSA) is 85.4 Å². The molecule has 3 rings (SSSR count). The number of sulfone groups is 1. The summed E-state index contributed by atoms with van der Waals surface area (Å²) in [6.07, 6.45) is 1.98. The van der Waals surface area contributed by atoms with Crippen molar-refractivity contribution >= 4 is 32.2 Å². The maximum atomic E-state index is 13.8. The number of methoxy groups -OCH3 is 1. The molecule has 0 atom stereocenters. The van der Waals surface area contributed by atoms with Gasteiger partial charge >= 0.3 is 0 Å². The van der Waals surface area contributed by atoms with E-state index in [2.05, 4.69) is 10.3 Å². The number of ether oxygens (including phenoxy) is 1. The Morgan fingerprint density at radius 3 is 2.59 bits per heavy atom. The largest absolute Gasteiger partial charge is 0.384 e. The molecule has 1 heterocycles. The van der Waals surface area contributed by atoms with Gasteiger partial charge in [-0.2, -0.15) is 0 Å². The number of amides is 1. The second-order valence-electron chi connectivity index (χ2n) is 6.19. The zero-order valence-corrected chi connectivity index (χ0v) is 17.2. The summed E-state index contributed by atoms with van der Waals surface area (Å²) in [5, 5.41) is 3.06. The van der Waals surface area contributed by atoms with Crippen molar-refractivity contribution in [3.05, 3.63) is 76.5 Å². The quantitative estimate of drug-likeness (QED) is 0.586. The summed E-state index contributed by atoms with van der Waals surface area (Å²) in [5.74, 6) is -0.816. The molecule has 0 saturated heterocycles. The Labute approximate surface area is 172 Å². The summed E-state index contributed by atoms with van der Waals surface area (Å²) in [6, 6.07) is 12.2. The Morgan fingerprint density at radius 1 is 1.17 bits per heavy atom. The normalized spacial score (nSPS) is 11.4. The van der Waals surface area contributed by atoms with E-state index in [9.17, 15) is 17.6 Å². The van der Waals surface area contributed by atoms with Crippen LogP contribution in [0.5, 0.6) is 0 Å². The lowest BCUT2D eigenvalue weighted by atomic mass is 10.1. The highest BCUT2D eigenvalue weighted by atomic mass is 32.2. The van der Waals surface area contributed by atoms with Crippen LogP contribution in [0.15, 0.2) is 59.6 Å². The molecule has 0 fully saturated rings. The van der Waals surface area contributed by atoms with Crippen LogP contribution in [0.3, 0.4) is 0 Å². The van der Waals surface area contributed by atoms with Gasteiger partial charge in [0, 0.05) is 30.2 Å². The zero-order chi connectivity index (χ0) is 20.9. The molecule has 0 aliphatic rings. The van der Waals surface area contributed by atoms with Crippen LogP contribution in [0.1, 0.15) is 20.8 Å². The first-order valence-corrected chi connectivity index (χ1v) is 11.2. The predicted molar refractivity (Wildman–Crippen MR) is 110 cm³/mol. The van der Waals surface area contributed by atoms with Gasteiger partial charge in [0.2, 0.25) is 0 Å². The number of rotatable bonds is 8. The second-order valence-corrected chi connectivity index (χ2v) is 9.41. The Bertz CT molecular complexity index is 1100. The van der Waals surface area contributed by atoms with E-state index in [1.807, 2.05) is 0 Å². The Hall–Kier alpha value is -2.62. The molecule has 0 bridgehead atoms. The number of carbonyl (C=O) groups is 1. The maximum Gasteiger partial charge on any atom is 0.257 e. The molecule has 0 aliphatic heterocycles. The van der Waals surface area contributed by atoms with Crippen LogP contribution in [-0.4, -0.2) is 38.8 Å². The number of nitrogens with one attached hydrogen (secondary N) is 1. The molecule has 0 radical (unpaired) electrons. The van der Waals surface area contributed by atoms with E-state index in [0.29, 0.717) is 22.7 Å². The van der Waals surface area contributed by atoms with Crippen molar-refractivity contribution in [2.24, 2.45) is 0 Å². The number of halogens is 1. The van der Waals surface area contributed by atoms with Crippen LogP contribution in [-0.2, 0) is 21.0 Å². The van der Waals surface area contributed by atoms with Crippen molar-refractivity contribution < 1.29 is 22.3 Å². The first-order valence-electron chi connectivity index (χ1n) is 8.70. The third-order valence-corrected chi connectivity index (χ3v) is 6.74. The van der Waals surface area contributed by atoms with Gasteiger partial charge in [0.05, 0.1) is 17.3 Å². The number of benzene rings is 2. The number of hydrogen-bond donors (Lipinski definition) is 1. The minimum atomic E-state index is -3.45. The molecule has 0 spiro atoms. The zero-order valence-electron chi connectivity index (χ0n) is 15.6. The molecule has 29 heavy (non-hydrogen) atoms. The lowest BCUT2D eigenvalue weighted by Gasteiger charge is -2.06. The van der Waals surface area contributed by atoms with Crippen molar-refractivity contribution in [3.63, 3.8) is 0 Å². The fourth-order valence-corrected chi connectivity index (χ4v) is 4.57. The third kappa shape index (κ3) is 5.47. The van der Waals surface area contributed by atoms with Crippen LogP contribution in [0.25, 0.3) is 0 Å². The Balaban J connectivity index is 1.65. The van der Waals surface area contributed by atoms with Crippen molar-refractivity contribution in [1.29, 1.82) is 0 Å². The molecule has 3 aromatic rings. The fraction of sp³-hybridized carbons (Fsp3) is 0.200. The monoisotopic (exact) mass is 434 g/mol. The van der Waals surface area contributed by atoms with Gasteiger partial charge in [0.1, 0.15) is 5.82 Å². The molecule has 1 aromatic heterocycles. The van der Waals surface area contributed by atoms with Crippen molar-refractivity contribution in [2.75, 3.05) is 24.8 Å². The highest BCUT2D eigenvalue weighted by Crippen LogP contribution is 2.23. The first-order chi connectivity index (χ1) is 13.9. The van der Waals surface area contributed by atoms with Gasteiger partial charge in [-0.25, -0.2) is 17.8 Å². The van der Waals surface area contributed by atoms with Crippen molar-refractivity contribution in [2.45, 2.75) is 11.3 Å². The Morgan fingerprint density at radius 2 is 1.90 bits per heavy atom. The average Bonchev–Trinajstić information content (AvgIpc) is 3.15. The Kier molecular flexibility index (Phi) is 6.73. The van der Waals surface area contributed by atoms with E-state index in [1.165, 1.54) is 48.8 Å². The smallest absolute Gasteiger partial charge is 0.257 e. The van der Waals surface area contributed by atoms with E-state index in [0.717, 1.165) is 4.88 Å². The van der Waals surface area contributed by atoms with Crippen LogP contribution < -0.4 is 5.32 Å². The molecular formula is C20H19FN2O4S2. The van der Waals surface area contributed by atoms with E-state index in [-0.39, 0.29) is 23.1 Å². The van der Waals surface area contributed by atoms with Gasteiger partial charge in [-0.1, -0.05) is 18.2 Å². The van der Waals surface area contributed by atoms with Gasteiger partial charge in [-0.05, 0) is 35.9 Å². The van der Waals surface area contributed by atoms with Crippen LogP contribution >= 0.6 is 11.3 Å². The van der Waals surface area contributed by atoms with Crippen LogP contribution in [0.2, 0.25) is 0 Å². The van der Waals surface area contributed by atoms with Gasteiger partial charge in [-0.3, -0.25) is 10.1 Å². The number of carbonyl (C=O) groups excluding carboxylic acids is 1. The number of hydrogen-bond acceptors (Lipinski definition) is 6. The van der Waals surface area contributed by atoms with Crippen molar-refractivity contribution in [3.8, 4) is 0 Å². The molecule has 0 unspecified atom stereocenters. The molecule has 6 nitrogen and oxygen atoms in total. The predicted octanol–water partition coefficient (Wildman–Crippen LogP) is 3.55. The lowest BCUT2D eigenvalue weighted by molar-refractivity contribution is 0.102. The number of anilines is 1. The van der Waals surface area contributed by atoms with E-state index < -0.39 is 15.7 Å². The van der Waals surface area contributed by atoms with Gasteiger partial charge in [-0.15, -0.1) is 11.3 Å². The average molecular weight is 435 g/mol. The van der Waals surface area contributed by atoms with Crippen LogP contribution in [0.4, 0.5) is 9.52 Å². The minimum Gasteiger partial charge on any atom is -0.384 e. The molecular weight excluding hydrogens is 415 g/mol. The standard InChI is InChI=1S/C20H19FN2O4S2/c1-27-10-11-29(25,26)17-8-6-14(7-9-17)19(24)23-20-22-13-16(28-20)12-15-4-2-3-5-18(15)21/h2-9,13H,10-12H2,1H3,(H,22,23,24). The fourth-order valence-electron chi connectivity index (χ4n) is 2.57. The van der Waals surface area contributed by atoms with Gasteiger partial charge in [0.15, 0.2) is 15.0 Å². The molecule has 1 amide bonds.